The molecule has 0 bridgehead atoms. The Hall–Kier alpha value is -2.74. The highest BCUT2D eigenvalue weighted by atomic mass is 16.6. The maximum atomic E-state index is 11.2. The minimum atomic E-state index is -0.513. The van der Waals surface area contributed by atoms with Gasteiger partial charge in [0.05, 0.1) is 4.92 Å². The number of aromatic nitrogens is 2. The van der Waals surface area contributed by atoms with Crippen LogP contribution in [0.4, 0.5) is 17.3 Å². The van der Waals surface area contributed by atoms with Crippen molar-refractivity contribution in [1.29, 1.82) is 0 Å². The average molecular weight is 314 g/mol. The maximum Gasteiger partial charge on any atom is 0.353 e. The van der Waals surface area contributed by atoms with Crippen LogP contribution in [0.3, 0.4) is 0 Å². The van der Waals surface area contributed by atoms with Crippen molar-refractivity contribution in [2.24, 2.45) is 0 Å². The van der Waals surface area contributed by atoms with Crippen LogP contribution in [0.5, 0.6) is 0 Å². The fourth-order valence-corrected chi connectivity index (χ4v) is 2.75. The van der Waals surface area contributed by atoms with E-state index in [0.29, 0.717) is 18.9 Å². The van der Waals surface area contributed by atoms with E-state index in [4.69, 9.17) is 5.73 Å². The monoisotopic (exact) mass is 314 g/mol. The Morgan fingerprint density at radius 1 is 1.13 bits per heavy atom. The molecule has 120 valence electrons. The van der Waals surface area contributed by atoms with Crippen molar-refractivity contribution in [3.63, 3.8) is 0 Å². The third-order valence-corrected chi connectivity index (χ3v) is 3.93. The van der Waals surface area contributed by atoms with Gasteiger partial charge in [-0.1, -0.05) is 30.3 Å². The Labute approximate surface area is 133 Å². The molecule has 1 aliphatic heterocycles. The van der Waals surface area contributed by atoms with E-state index in [1.54, 1.807) is 0 Å². The van der Waals surface area contributed by atoms with Gasteiger partial charge in [0.1, 0.15) is 6.33 Å². The van der Waals surface area contributed by atoms with Gasteiger partial charge in [-0.15, -0.1) is 0 Å². The zero-order valence-corrected chi connectivity index (χ0v) is 12.6. The summed E-state index contributed by atoms with van der Waals surface area (Å²) >= 11 is 0. The molecule has 2 N–H and O–H groups in total. The molecule has 0 saturated carbocycles. The Bertz CT molecular complexity index is 686. The molecule has 0 atom stereocenters. The number of nitro groups is 1. The van der Waals surface area contributed by atoms with Crippen LogP contribution in [0.2, 0.25) is 0 Å². The Kier molecular flexibility index (Phi) is 4.33. The number of rotatable bonds is 4. The Balaban J connectivity index is 1.68. The number of piperazine rings is 1. The molecule has 3 rings (SSSR count). The Morgan fingerprint density at radius 2 is 1.83 bits per heavy atom. The van der Waals surface area contributed by atoms with Crippen LogP contribution >= 0.6 is 0 Å². The first-order valence-electron chi connectivity index (χ1n) is 7.41. The van der Waals surface area contributed by atoms with E-state index >= 15 is 0 Å². The molecule has 0 radical (unpaired) electrons. The zero-order valence-electron chi connectivity index (χ0n) is 12.6. The second-order valence-electron chi connectivity index (χ2n) is 5.44. The molecule has 23 heavy (non-hydrogen) atoms. The summed E-state index contributed by atoms with van der Waals surface area (Å²) in [6, 6.07) is 10.3. The Morgan fingerprint density at radius 3 is 2.48 bits per heavy atom. The molecule has 1 aliphatic rings. The largest absolute Gasteiger partial charge is 0.378 e. The van der Waals surface area contributed by atoms with E-state index in [-0.39, 0.29) is 11.5 Å². The predicted molar refractivity (Wildman–Crippen MR) is 87.0 cm³/mol. The molecular weight excluding hydrogens is 296 g/mol. The number of nitrogens with two attached hydrogens (primary N) is 1. The summed E-state index contributed by atoms with van der Waals surface area (Å²) < 4.78 is 0. The predicted octanol–water partition coefficient (Wildman–Crippen LogP) is 1.29. The summed E-state index contributed by atoms with van der Waals surface area (Å²) in [5.74, 6) is 0.216. The molecule has 0 aliphatic carbocycles. The number of hydrogen-bond acceptors (Lipinski definition) is 7. The summed E-state index contributed by atoms with van der Waals surface area (Å²) in [6.45, 7) is 3.85. The molecule has 1 aromatic carbocycles. The van der Waals surface area contributed by atoms with Crippen LogP contribution in [0, 0.1) is 10.1 Å². The van der Waals surface area contributed by atoms with Crippen LogP contribution in [0.1, 0.15) is 5.56 Å². The quantitative estimate of drug-likeness (QED) is 0.670. The topological polar surface area (TPSA) is 101 Å². The van der Waals surface area contributed by atoms with Crippen molar-refractivity contribution in [2.45, 2.75) is 6.54 Å². The van der Waals surface area contributed by atoms with Gasteiger partial charge in [0.2, 0.25) is 11.6 Å². The van der Waals surface area contributed by atoms with Crippen molar-refractivity contribution >= 4 is 17.3 Å². The third-order valence-electron chi connectivity index (χ3n) is 3.93. The minimum absolute atomic E-state index is 0.0910. The molecule has 1 aromatic heterocycles. The number of anilines is 2. The van der Waals surface area contributed by atoms with Crippen molar-refractivity contribution in [3.8, 4) is 0 Å². The number of nitrogens with zero attached hydrogens (tertiary/aromatic N) is 5. The third kappa shape index (κ3) is 3.37. The number of benzene rings is 1. The molecule has 2 heterocycles. The van der Waals surface area contributed by atoms with Gasteiger partial charge in [0.15, 0.2) is 0 Å². The van der Waals surface area contributed by atoms with E-state index in [2.05, 4.69) is 27.0 Å². The molecule has 0 amide bonds. The van der Waals surface area contributed by atoms with Gasteiger partial charge in [-0.3, -0.25) is 15.0 Å². The first kappa shape index (κ1) is 15.2. The lowest BCUT2D eigenvalue weighted by Gasteiger charge is -2.35. The van der Waals surface area contributed by atoms with Crippen LogP contribution < -0.4 is 10.6 Å². The molecule has 8 nitrogen and oxygen atoms in total. The molecular formula is C15H18N6O2. The van der Waals surface area contributed by atoms with Crippen molar-refractivity contribution in [3.05, 3.63) is 52.3 Å². The van der Waals surface area contributed by atoms with Gasteiger partial charge in [0, 0.05) is 32.7 Å². The van der Waals surface area contributed by atoms with E-state index in [1.807, 2.05) is 23.1 Å². The lowest BCUT2D eigenvalue weighted by molar-refractivity contribution is -0.383. The van der Waals surface area contributed by atoms with Crippen LogP contribution in [0.25, 0.3) is 0 Å². The number of hydrogen-bond donors (Lipinski definition) is 1. The van der Waals surface area contributed by atoms with Crippen LogP contribution in [-0.4, -0.2) is 46.0 Å². The summed E-state index contributed by atoms with van der Waals surface area (Å²) in [5, 5.41) is 11.2. The van der Waals surface area contributed by atoms with E-state index < -0.39 is 4.92 Å². The standard InChI is InChI=1S/C15H18N6O2/c16-14-13(21(22)23)15(18-11-17-14)20-8-6-19(7-9-20)10-12-4-2-1-3-5-12/h1-5,11H,6-10H2,(H2,16,17,18). The second kappa shape index (κ2) is 6.57. The fourth-order valence-electron chi connectivity index (χ4n) is 2.75. The zero-order chi connectivity index (χ0) is 16.2. The summed E-state index contributed by atoms with van der Waals surface area (Å²) in [6.07, 6.45) is 1.27. The highest BCUT2D eigenvalue weighted by Crippen LogP contribution is 2.30. The van der Waals surface area contributed by atoms with Gasteiger partial charge in [-0.25, -0.2) is 9.97 Å². The summed E-state index contributed by atoms with van der Waals surface area (Å²) in [7, 11) is 0. The average Bonchev–Trinajstić information content (AvgIpc) is 2.56. The van der Waals surface area contributed by atoms with E-state index in [0.717, 1.165) is 19.6 Å². The minimum Gasteiger partial charge on any atom is -0.378 e. The van der Waals surface area contributed by atoms with Crippen molar-refractivity contribution < 1.29 is 4.92 Å². The van der Waals surface area contributed by atoms with Gasteiger partial charge in [-0.2, -0.15) is 0 Å². The highest BCUT2D eigenvalue weighted by molar-refractivity contribution is 5.68. The van der Waals surface area contributed by atoms with Gasteiger partial charge < -0.3 is 10.6 Å². The smallest absolute Gasteiger partial charge is 0.353 e. The molecule has 0 unspecified atom stereocenters. The fraction of sp³-hybridized carbons (Fsp3) is 0.333. The summed E-state index contributed by atoms with van der Waals surface area (Å²) in [5.41, 5.74) is 6.69. The molecule has 0 spiro atoms. The molecule has 1 saturated heterocycles. The lowest BCUT2D eigenvalue weighted by Crippen LogP contribution is -2.46. The van der Waals surface area contributed by atoms with Gasteiger partial charge in [-0.05, 0) is 5.56 Å². The first-order chi connectivity index (χ1) is 11.1. The second-order valence-corrected chi connectivity index (χ2v) is 5.44. The SMILES string of the molecule is Nc1ncnc(N2CCN(Cc3ccccc3)CC2)c1[N+](=O)[O-]. The van der Waals surface area contributed by atoms with Crippen LogP contribution in [0.15, 0.2) is 36.7 Å². The molecule has 8 heteroatoms. The van der Waals surface area contributed by atoms with Crippen LogP contribution in [-0.2, 0) is 6.54 Å². The molecule has 2 aromatic rings. The normalized spacial score (nSPS) is 15.6. The van der Waals surface area contributed by atoms with Crippen molar-refractivity contribution in [1.82, 2.24) is 14.9 Å². The van der Waals surface area contributed by atoms with E-state index in [9.17, 15) is 10.1 Å². The first-order valence-corrected chi connectivity index (χ1v) is 7.41. The van der Waals surface area contributed by atoms with Gasteiger partial charge >= 0.3 is 5.69 Å². The number of nitrogen functional groups attached to an aromatic ring is 1. The summed E-state index contributed by atoms with van der Waals surface area (Å²) in [4.78, 5) is 22.7. The lowest BCUT2D eigenvalue weighted by atomic mass is 10.2. The molecule has 1 fully saturated rings. The maximum absolute atomic E-state index is 11.2. The van der Waals surface area contributed by atoms with Crippen molar-refractivity contribution in [2.75, 3.05) is 36.8 Å². The van der Waals surface area contributed by atoms with Gasteiger partial charge in [0.25, 0.3) is 0 Å². The highest BCUT2D eigenvalue weighted by Gasteiger charge is 2.28. The van der Waals surface area contributed by atoms with E-state index in [1.165, 1.54) is 11.9 Å².